The van der Waals surface area contributed by atoms with Crippen LogP contribution in [-0.4, -0.2) is 11.5 Å². The molecule has 1 heterocycles. The summed E-state index contributed by atoms with van der Waals surface area (Å²) < 4.78 is 52.0. The fourth-order valence-electron chi connectivity index (χ4n) is 1.91. The van der Waals surface area contributed by atoms with Crippen molar-refractivity contribution in [2.45, 2.75) is 26.4 Å². The number of hydrogen-bond donors (Lipinski definition) is 1. The highest BCUT2D eigenvalue weighted by molar-refractivity contribution is 5.92. The lowest BCUT2D eigenvalue weighted by Gasteiger charge is -2.13. The van der Waals surface area contributed by atoms with Crippen LogP contribution in [0.4, 0.5) is 23.2 Å². The van der Waals surface area contributed by atoms with Crippen LogP contribution in [0, 0.1) is 12.7 Å². The van der Waals surface area contributed by atoms with Gasteiger partial charge in [-0.3, -0.25) is 0 Å². The van der Waals surface area contributed by atoms with Gasteiger partial charge in [-0.2, -0.15) is 13.2 Å². The molecule has 0 radical (unpaired) electrons. The van der Waals surface area contributed by atoms with Gasteiger partial charge < -0.3 is 5.32 Å². The lowest BCUT2D eigenvalue weighted by Crippen LogP contribution is -2.10. The molecule has 1 aromatic carbocycles. The molecule has 20 heavy (non-hydrogen) atoms. The van der Waals surface area contributed by atoms with Crippen molar-refractivity contribution < 1.29 is 17.6 Å². The van der Waals surface area contributed by atoms with Crippen LogP contribution in [0.2, 0.25) is 0 Å². The Kier molecular flexibility index (Phi) is 3.83. The maximum atomic E-state index is 13.5. The van der Waals surface area contributed by atoms with E-state index in [1.165, 1.54) is 6.07 Å². The van der Waals surface area contributed by atoms with Crippen LogP contribution in [0.3, 0.4) is 0 Å². The minimum Gasteiger partial charge on any atom is -0.384 e. The van der Waals surface area contributed by atoms with Crippen molar-refractivity contribution in [1.29, 1.82) is 0 Å². The second kappa shape index (κ2) is 5.26. The molecule has 0 amide bonds. The fraction of sp³-hybridized carbons (Fsp3) is 0.357. The molecule has 0 unspecified atom stereocenters. The Morgan fingerprint density at radius 3 is 2.50 bits per heavy atom. The Hall–Kier alpha value is -1.85. The van der Waals surface area contributed by atoms with E-state index in [-0.39, 0.29) is 5.52 Å². The van der Waals surface area contributed by atoms with Gasteiger partial charge >= 0.3 is 6.18 Å². The van der Waals surface area contributed by atoms with Gasteiger partial charge in [-0.1, -0.05) is 6.92 Å². The quantitative estimate of drug-likeness (QED) is 0.839. The van der Waals surface area contributed by atoms with Crippen LogP contribution < -0.4 is 5.32 Å². The smallest absolute Gasteiger partial charge is 0.384 e. The lowest BCUT2D eigenvalue weighted by molar-refractivity contribution is -0.140. The second-order valence-corrected chi connectivity index (χ2v) is 4.60. The Balaban J connectivity index is 2.68. The Morgan fingerprint density at radius 2 is 1.90 bits per heavy atom. The molecular weight excluding hydrogens is 272 g/mol. The average molecular weight is 286 g/mol. The van der Waals surface area contributed by atoms with Gasteiger partial charge in [0.15, 0.2) is 0 Å². The third-order valence-corrected chi connectivity index (χ3v) is 2.94. The van der Waals surface area contributed by atoms with Crippen molar-refractivity contribution in [3.8, 4) is 0 Å². The van der Waals surface area contributed by atoms with Gasteiger partial charge in [0.1, 0.15) is 11.5 Å². The molecule has 2 aromatic rings. The molecule has 0 aliphatic rings. The van der Waals surface area contributed by atoms with Crippen LogP contribution in [0.5, 0.6) is 0 Å². The van der Waals surface area contributed by atoms with E-state index in [1.807, 2.05) is 6.92 Å². The molecule has 0 bridgehead atoms. The predicted octanol–water partition coefficient (Wildman–Crippen LogP) is 4.52. The van der Waals surface area contributed by atoms with E-state index in [1.54, 1.807) is 6.92 Å². The van der Waals surface area contributed by atoms with Crippen molar-refractivity contribution in [1.82, 2.24) is 4.98 Å². The molecule has 0 saturated heterocycles. The van der Waals surface area contributed by atoms with Crippen LogP contribution in [-0.2, 0) is 6.18 Å². The molecule has 6 heteroatoms. The largest absolute Gasteiger partial charge is 0.433 e. The summed E-state index contributed by atoms with van der Waals surface area (Å²) in [5.74, 6) is -0.564. The Bertz CT molecular complexity index is 635. The molecule has 1 N–H and O–H groups in total. The predicted molar refractivity (Wildman–Crippen MR) is 70.2 cm³/mol. The average Bonchev–Trinajstić information content (AvgIpc) is 2.36. The van der Waals surface area contributed by atoms with Crippen LogP contribution in [0.1, 0.15) is 24.6 Å². The molecule has 108 valence electrons. The number of anilines is 1. The van der Waals surface area contributed by atoms with E-state index in [0.717, 1.165) is 18.6 Å². The summed E-state index contributed by atoms with van der Waals surface area (Å²) in [6, 6.07) is 3.52. The standard InChI is InChI=1S/C14H14F4N2/c1-3-4-19-11-7-13(14(16,17)18)20-12-6-10(15)8(2)5-9(11)12/h5-7H,3-4H2,1-2H3,(H,19,20). The van der Waals surface area contributed by atoms with Crippen LogP contribution in [0.15, 0.2) is 18.2 Å². The normalized spacial score (nSPS) is 11.9. The van der Waals surface area contributed by atoms with Gasteiger partial charge in [0.05, 0.1) is 5.52 Å². The molecule has 0 fully saturated rings. The molecule has 1 aromatic heterocycles. The van der Waals surface area contributed by atoms with E-state index >= 15 is 0 Å². The van der Waals surface area contributed by atoms with Crippen molar-refractivity contribution in [2.75, 3.05) is 11.9 Å². The molecule has 2 nitrogen and oxygen atoms in total. The van der Waals surface area contributed by atoms with Gasteiger partial charge in [-0.15, -0.1) is 0 Å². The molecule has 0 aliphatic heterocycles. The van der Waals surface area contributed by atoms with E-state index < -0.39 is 17.7 Å². The number of aryl methyl sites for hydroxylation is 1. The molecular formula is C14H14F4N2. The van der Waals surface area contributed by atoms with Gasteiger partial charge in [-0.05, 0) is 31.0 Å². The zero-order chi connectivity index (χ0) is 14.9. The van der Waals surface area contributed by atoms with Gasteiger partial charge in [0.25, 0.3) is 0 Å². The van der Waals surface area contributed by atoms with E-state index in [0.29, 0.717) is 23.2 Å². The Labute approximate surface area is 113 Å². The maximum Gasteiger partial charge on any atom is 0.433 e. The molecule has 0 atom stereocenters. The summed E-state index contributed by atoms with van der Waals surface area (Å²) in [4.78, 5) is 3.51. The highest BCUT2D eigenvalue weighted by atomic mass is 19.4. The van der Waals surface area contributed by atoms with Crippen molar-refractivity contribution in [3.05, 3.63) is 35.3 Å². The third kappa shape index (κ3) is 2.84. The number of pyridine rings is 1. The van der Waals surface area contributed by atoms with Gasteiger partial charge in [0, 0.05) is 23.7 Å². The molecule has 0 spiro atoms. The van der Waals surface area contributed by atoms with Gasteiger partial charge in [-0.25, -0.2) is 9.37 Å². The number of fused-ring (bicyclic) bond motifs is 1. The third-order valence-electron chi connectivity index (χ3n) is 2.94. The van der Waals surface area contributed by atoms with Crippen LogP contribution in [0.25, 0.3) is 10.9 Å². The second-order valence-electron chi connectivity index (χ2n) is 4.60. The minimum absolute atomic E-state index is 0.00141. The number of rotatable bonds is 3. The van der Waals surface area contributed by atoms with E-state index in [9.17, 15) is 17.6 Å². The minimum atomic E-state index is -4.56. The topological polar surface area (TPSA) is 24.9 Å². The number of aromatic nitrogens is 1. The van der Waals surface area contributed by atoms with Crippen molar-refractivity contribution in [3.63, 3.8) is 0 Å². The first-order chi connectivity index (χ1) is 9.32. The number of nitrogens with zero attached hydrogens (tertiary/aromatic N) is 1. The first kappa shape index (κ1) is 14.6. The monoisotopic (exact) mass is 286 g/mol. The van der Waals surface area contributed by atoms with E-state index in [2.05, 4.69) is 10.3 Å². The molecule has 2 rings (SSSR count). The van der Waals surface area contributed by atoms with E-state index in [4.69, 9.17) is 0 Å². The maximum absolute atomic E-state index is 13.5. The zero-order valence-electron chi connectivity index (χ0n) is 11.1. The number of nitrogens with one attached hydrogen (secondary N) is 1. The molecule has 0 saturated carbocycles. The van der Waals surface area contributed by atoms with Crippen molar-refractivity contribution >= 4 is 16.6 Å². The summed E-state index contributed by atoms with van der Waals surface area (Å²) >= 11 is 0. The van der Waals surface area contributed by atoms with Crippen LogP contribution >= 0.6 is 0 Å². The summed E-state index contributed by atoms with van der Waals surface area (Å²) in [5.41, 5.74) is -0.320. The summed E-state index contributed by atoms with van der Waals surface area (Å²) in [5, 5.41) is 3.43. The Morgan fingerprint density at radius 1 is 1.20 bits per heavy atom. The van der Waals surface area contributed by atoms with Gasteiger partial charge in [0.2, 0.25) is 0 Å². The lowest BCUT2D eigenvalue weighted by atomic mass is 10.1. The number of benzene rings is 1. The summed E-state index contributed by atoms with van der Waals surface area (Å²) in [6.45, 7) is 4.01. The SMILES string of the molecule is CCCNc1cc(C(F)(F)F)nc2cc(F)c(C)cc12. The summed E-state index contributed by atoms with van der Waals surface area (Å²) in [6.07, 6.45) is -3.79. The zero-order valence-corrected chi connectivity index (χ0v) is 11.1. The fourth-order valence-corrected chi connectivity index (χ4v) is 1.91. The highest BCUT2D eigenvalue weighted by Gasteiger charge is 2.33. The first-order valence-electron chi connectivity index (χ1n) is 6.25. The highest BCUT2D eigenvalue weighted by Crippen LogP contribution is 2.33. The molecule has 0 aliphatic carbocycles. The first-order valence-corrected chi connectivity index (χ1v) is 6.25. The number of hydrogen-bond acceptors (Lipinski definition) is 2. The van der Waals surface area contributed by atoms with Crippen molar-refractivity contribution in [2.24, 2.45) is 0 Å². The number of alkyl halides is 3. The summed E-state index contributed by atoms with van der Waals surface area (Å²) in [7, 11) is 0. The number of halogens is 4.